The van der Waals surface area contributed by atoms with Gasteiger partial charge in [0.05, 0.1) is 33.6 Å². The van der Waals surface area contributed by atoms with Crippen molar-refractivity contribution >= 4 is 50.1 Å². The first-order chi connectivity index (χ1) is 24.3. The van der Waals surface area contributed by atoms with Crippen LogP contribution in [0.4, 0.5) is 0 Å². The Bertz CT molecular complexity index is 2900. The number of rotatable bonds is 1. The Hall–Kier alpha value is -6.15. The van der Waals surface area contributed by atoms with Crippen molar-refractivity contribution in [2.75, 3.05) is 0 Å². The Morgan fingerprint density at radius 2 is 1.20 bits per heavy atom. The maximum atomic E-state index is 10.7. The molecule has 2 aromatic heterocycles. The first-order valence-corrected chi connectivity index (χ1v) is 17.3. The van der Waals surface area contributed by atoms with Crippen LogP contribution in [-0.4, -0.2) is 9.38 Å². The van der Waals surface area contributed by atoms with Crippen molar-refractivity contribution in [3.05, 3.63) is 179 Å². The smallest absolute Gasteiger partial charge is 0.146 e. The summed E-state index contributed by atoms with van der Waals surface area (Å²) in [4.78, 5) is 7.70. The molecule has 4 heteroatoms. The third-order valence-corrected chi connectivity index (χ3v) is 11.8. The molecule has 0 N–H and O–H groups in total. The van der Waals surface area contributed by atoms with E-state index in [4.69, 9.17) is 4.98 Å². The fourth-order valence-corrected chi connectivity index (χ4v) is 9.90. The lowest BCUT2D eigenvalue weighted by Gasteiger charge is -2.39. The van der Waals surface area contributed by atoms with Crippen LogP contribution < -0.4 is 0 Å². The van der Waals surface area contributed by atoms with Gasteiger partial charge < -0.3 is 0 Å². The lowest BCUT2D eigenvalue weighted by molar-refractivity contribution is 0.722. The van der Waals surface area contributed by atoms with Crippen LogP contribution in [0.5, 0.6) is 0 Å². The number of fused-ring (bicyclic) bond motifs is 17. The molecule has 0 saturated heterocycles. The zero-order valence-electron chi connectivity index (χ0n) is 26.2. The number of aromatic nitrogens is 2. The average Bonchev–Trinajstić information content (AvgIpc) is 3.69. The Kier molecular flexibility index (Phi) is 5.32. The van der Waals surface area contributed by atoms with Crippen molar-refractivity contribution in [1.29, 1.82) is 5.26 Å². The van der Waals surface area contributed by atoms with Gasteiger partial charge in [-0.3, -0.25) is 4.40 Å². The highest BCUT2D eigenvalue weighted by Gasteiger charge is 2.50. The molecule has 0 fully saturated rings. The van der Waals surface area contributed by atoms with Crippen LogP contribution in [0.2, 0.25) is 0 Å². The number of pyridine rings is 1. The molecule has 0 radical (unpaired) electrons. The third kappa shape index (κ3) is 3.40. The summed E-state index contributed by atoms with van der Waals surface area (Å²) in [6.07, 6.45) is 0. The largest absolute Gasteiger partial charge is 0.292 e. The monoisotopic (exact) mass is 639 g/mol. The molecule has 49 heavy (non-hydrogen) atoms. The topological polar surface area (TPSA) is 41.1 Å². The van der Waals surface area contributed by atoms with Gasteiger partial charge >= 0.3 is 0 Å². The lowest BCUT2D eigenvalue weighted by atomic mass is 9.67. The second-order valence-electron chi connectivity index (χ2n) is 13.0. The van der Waals surface area contributed by atoms with Crippen LogP contribution in [0.15, 0.2) is 161 Å². The number of hydrogen-bond acceptors (Lipinski definition) is 3. The van der Waals surface area contributed by atoms with Crippen molar-refractivity contribution in [3.8, 4) is 28.3 Å². The molecule has 11 rings (SSSR count). The van der Waals surface area contributed by atoms with Gasteiger partial charge in [0, 0.05) is 20.6 Å². The second kappa shape index (κ2) is 9.70. The Labute approximate surface area is 286 Å². The van der Waals surface area contributed by atoms with Crippen LogP contribution in [0.25, 0.3) is 60.6 Å². The summed E-state index contributed by atoms with van der Waals surface area (Å²) in [5.74, 6) is 0. The summed E-state index contributed by atoms with van der Waals surface area (Å²) in [6.45, 7) is 0. The minimum Gasteiger partial charge on any atom is -0.292 e. The summed E-state index contributed by atoms with van der Waals surface area (Å²) in [5, 5.41) is 14.1. The summed E-state index contributed by atoms with van der Waals surface area (Å²) >= 11 is 1.84. The highest BCUT2D eigenvalue weighted by Crippen LogP contribution is 2.62. The first kappa shape index (κ1) is 26.9. The van der Waals surface area contributed by atoms with Gasteiger partial charge in [-0.05, 0) is 98.4 Å². The predicted octanol–water partition coefficient (Wildman–Crippen LogP) is 11.2. The van der Waals surface area contributed by atoms with E-state index in [0.717, 1.165) is 49.7 Å². The maximum Gasteiger partial charge on any atom is 0.146 e. The molecule has 0 bridgehead atoms. The molecule has 1 spiro atoms. The summed E-state index contributed by atoms with van der Waals surface area (Å²) < 4.78 is 2.28. The Balaban J connectivity index is 1.25. The summed E-state index contributed by atoms with van der Waals surface area (Å²) in [7, 11) is 0. The molecular formula is C45H25N3S. The van der Waals surface area contributed by atoms with Crippen LogP contribution in [0, 0.1) is 11.3 Å². The van der Waals surface area contributed by atoms with Crippen molar-refractivity contribution in [2.45, 2.75) is 15.2 Å². The molecular weight excluding hydrogens is 615 g/mol. The van der Waals surface area contributed by atoms with Crippen molar-refractivity contribution in [1.82, 2.24) is 9.38 Å². The SMILES string of the molecule is N#Cc1cc2c(cc1-c1ccc3c4ccccc4n4c5ccccc5nc4c3c1)C1(c3ccccc3Sc3ccccc31)c1ccccc1-2. The van der Waals surface area contributed by atoms with Gasteiger partial charge in [0.1, 0.15) is 5.65 Å². The number of imidazole rings is 1. The standard InChI is InChI=1S/C45H25N3S/c46-26-28-24-33-30-11-1-3-13-35(30)45(36-14-4-9-19-42(36)49-43-20-10-5-15-37(43)45)38(33)25-32(28)27-21-22-29-31-12-2-7-17-40(31)48-41-18-8-6-16-39(41)47-44(48)34(29)23-27/h1-25H. The third-order valence-electron chi connectivity index (χ3n) is 10.7. The molecule has 3 nitrogen and oxygen atoms in total. The zero-order chi connectivity index (χ0) is 32.3. The molecule has 0 atom stereocenters. The molecule has 2 aliphatic rings. The second-order valence-corrected chi connectivity index (χ2v) is 14.1. The van der Waals surface area contributed by atoms with Gasteiger partial charge in [-0.25, -0.2) is 4.98 Å². The number of hydrogen-bond donors (Lipinski definition) is 0. The van der Waals surface area contributed by atoms with Crippen LogP contribution in [0.1, 0.15) is 27.8 Å². The van der Waals surface area contributed by atoms with Gasteiger partial charge in [0.2, 0.25) is 0 Å². The van der Waals surface area contributed by atoms with E-state index in [-0.39, 0.29) is 0 Å². The molecule has 226 valence electrons. The summed E-state index contributed by atoms with van der Waals surface area (Å²) in [6, 6.07) is 57.0. The molecule has 0 saturated carbocycles. The summed E-state index contributed by atoms with van der Waals surface area (Å²) in [5.41, 5.74) is 13.6. The number of nitriles is 1. The van der Waals surface area contributed by atoms with E-state index in [1.807, 2.05) is 17.8 Å². The van der Waals surface area contributed by atoms with E-state index in [9.17, 15) is 5.26 Å². The molecule has 7 aromatic carbocycles. The predicted molar refractivity (Wildman–Crippen MR) is 199 cm³/mol. The van der Waals surface area contributed by atoms with Gasteiger partial charge in [0.15, 0.2) is 0 Å². The van der Waals surface area contributed by atoms with Crippen LogP contribution in [0.3, 0.4) is 0 Å². The fourth-order valence-electron chi connectivity index (χ4n) is 8.71. The van der Waals surface area contributed by atoms with E-state index >= 15 is 0 Å². The normalized spacial score (nSPS) is 13.8. The fraction of sp³-hybridized carbons (Fsp3) is 0.0222. The van der Waals surface area contributed by atoms with Gasteiger partial charge in [-0.15, -0.1) is 0 Å². The highest BCUT2D eigenvalue weighted by atomic mass is 32.2. The van der Waals surface area contributed by atoms with Gasteiger partial charge in [-0.2, -0.15) is 5.26 Å². The van der Waals surface area contributed by atoms with Crippen molar-refractivity contribution in [2.24, 2.45) is 0 Å². The zero-order valence-corrected chi connectivity index (χ0v) is 27.0. The lowest BCUT2D eigenvalue weighted by Crippen LogP contribution is -2.32. The van der Waals surface area contributed by atoms with Crippen molar-refractivity contribution in [3.63, 3.8) is 0 Å². The molecule has 0 unspecified atom stereocenters. The van der Waals surface area contributed by atoms with E-state index in [0.29, 0.717) is 5.56 Å². The van der Waals surface area contributed by atoms with Crippen molar-refractivity contribution < 1.29 is 0 Å². The first-order valence-electron chi connectivity index (χ1n) is 16.5. The van der Waals surface area contributed by atoms with Gasteiger partial charge in [-0.1, -0.05) is 115 Å². The highest BCUT2D eigenvalue weighted by molar-refractivity contribution is 7.99. The van der Waals surface area contributed by atoms with Gasteiger partial charge in [0.25, 0.3) is 0 Å². The van der Waals surface area contributed by atoms with E-state index in [1.165, 1.54) is 43.0 Å². The number of nitrogens with zero attached hydrogens (tertiary/aromatic N) is 3. The van der Waals surface area contributed by atoms with Crippen LogP contribution >= 0.6 is 11.8 Å². The molecule has 1 aliphatic heterocycles. The van der Waals surface area contributed by atoms with Crippen LogP contribution in [-0.2, 0) is 5.41 Å². The molecule has 9 aromatic rings. The average molecular weight is 640 g/mol. The number of benzene rings is 7. The Morgan fingerprint density at radius 3 is 2.00 bits per heavy atom. The quantitative estimate of drug-likeness (QED) is 0.168. The molecule has 0 amide bonds. The molecule has 1 aliphatic carbocycles. The Morgan fingerprint density at radius 1 is 0.531 bits per heavy atom. The number of para-hydroxylation sites is 3. The van der Waals surface area contributed by atoms with E-state index in [2.05, 4.69) is 156 Å². The minimum atomic E-state index is -0.506. The molecule has 3 heterocycles. The van der Waals surface area contributed by atoms with E-state index < -0.39 is 5.41 Å². The maximum absolute atomic E-state index is 10.7. The van der Waals surface area contributed by atoms with E-state index in [1.54, 1.807) is 0 Å². The minimum absolute atomic E-state index is 0.506.